The van der Waals surface area contributed by atoms with Crippen molar-refractivity contribution in [1.82, 2.24) is 14.8 Å². The molecule has 0 unspecified atom stereocenters. The fourth-order valence-electron chi connectivity index (χ4n) is 3.47. The van der Waals surface area contributed by atoms with Crippen LogP contribution in [-0.2, 0) is 11.3 Å². The number of pyridine rings is 1. The van der Waals surface area contributed by atoms with Crippen molar-refractivity contribution in [3.8, 4) is 6.07 Å². The van der Waals surface area contributed by atoms with E-state index in [0.717, 1.165) is 37.6 Å². The molecular formula is C22H27N5O. The number of carbonyl (C=O) groups is 1. The molecule has 6 nitrogen and oxygen atoms in total. The van der Waals surface area contributed by atoms with Crippen LogP contribution in [0.2, 0.25) is 0 Å². The lowest BCUT2D eigenvalue weighted by atomic mass is 10.2. The summed E-state index contributed by atoms with van der Waals surface area (Å²) in [6, 6.07) is 16.1. The smallest absolute Gasteiger partial charge is 0.237 e. The summed E-state index contributed by atoms with van der Waals surface area (Å²) < 4.78 is 0. The maximum Gasteiger partial charge on any atom is 0.237 e. The number of anilines is 1. The SMILES string of the molecule is CC(C)N(Cc1ccccc1)C(=O)CN1CCN(c2ncccc2C#N)CC1. The number of hydrogen-bond donors (Lipinski definition) is 0. The summed E-state index contributed by atoms with van der Waals surface area (Å²) in [6.07, 6.45) is 1.72. The normalized spacial score (nSPS) is 14.7. The van der Waals surface area contributed by atoms with Crippen LogP contribution in [0.3, 0.4) is 0 Å². The van der Waals surface area contributed by atoms with Gasteiger partial charge in [-0.2, -0.15) is 5.26 Å². The number of nitriles is 1. The highest BCUT2D eigenvalue weighted by molar-refractivity contribution is 5.78. The van der Waals surface area contributed by atoms with Gasteiger partial charge >= 0.3 is 0 Å². The van der Waals surface area contributed by atoms with Crippen LogP contribution in [0.4, 0.5) is 5.82 Å². The molecule has 2 heterocycles. The molecule has 28 heavy (non-hydrogen) atoms. The van der Waals surface area contributed by atoms with Gasteiger partial charge in [0.2, 0.25) is 5.91 Å². The minimum atomic E-state index is 0.153. The Kier molecular flexibility index (Phi) is 6.62. The molecule has 0 atom stereocenters. The highest BCUT2D eigenvalue weighted by Crippen LogP contribution is 2.18. The van der Waals surface area contributed by atoms with Crippen LogP contribution in [0.15, 0.2) is 48.7 Å². The van der Waals surface area contributed by atoms with Gasteiger partial charge in [-0.1, -0.05) is 30.3 Å². The van der Waals surface area contributed by atoms with Gasteiger partial charge in [-0.3, -0.25) is 9.69 Å². The number of amides is 1. The van der Waals surface area contributed by atoms with Crippen LogP contribution in [0.25, 0.3) is 0 Å². The van der Waals surface area contributed by atoms with Gasteiger partial charge in [-0.05, 0) is 31.5 Å². The summed E-state index contributed by atoms with van der Waals surface area (Å²) in [6.45, 7) is 8.27. The quantitative estimate of drug-likeness (QED) is 0.774. The Bertz CT molecular complexity index is 822. The first-order valence-electron chi connectivity index (χ1n) is 9.74. The highest BCUT2D eigenvalue weighted by atomic mass is 16.2. The van der Waals surface area contributed by atoms with Crippen molar-refractivity contribution in [2.24, 2.45) is 0 Å². The zero-order valence-corrected chi connectivity index (χ0v) is 16.6. The molecule has 0 spiro atoms. The van der Waals surface area contributed by atoms with Crippen molar-refractivity contribution < 1.29 is 4.79 Å². The van der Waals surface area contributed by atoms with E-state index in [9.17, 15) is 10.1 Å². The fraction of sp³-hybridized carbons (Fsp3) is 0.409. The van der Waals surface area contributed by atoms with Gasteiger partial charge < -0.3 is 9.80 Å². The van der Waals surface area contributed by atoms with Crippen LogP contribution in [-0.4, -0.2) is 59.5 Å². The van der Waals surface area contributed by atoms with Gasteiger partial charge in [0.15, 0.2) is 0 Å². The molecule has 3 rings (SSSR count). The lowest BCUT2D eigenvalue weighted by Gasteiger charge is -2.37. The van der Waals surface area contributed by atoms with E-state index >= 15 is 0 Å². The van der Waals surface area contributed by atoms with Crippen LogP contribution < -0.4 is 4.90 Å². The average molecular weight is 377 g/mol. The molecule has 1 fully saturated rings. The predicted molar refractivity (Wildman–Crippen MR) is 110 cm³/mol. The van der Waals surface area contributed by atoms with E-state index in [1.165, 1.54) is 0 Å². The molecule has 1 aromatic carbocycles. The van der Waals surface area contributed by atoms with Crippen molar-refractivity contribution in [2.75, 3.05) is 37.6 Å². The molecule has 0 N–H and O–H groups in total. The fourth-order valence-corrected chi connectivity index (χ4v) is 3.47. The Morgan fingerprint density at radius 3 is 2.50 bits per heavy atom. The number of rotatable bonds is 6. The third-order valence-corrected chi connectivity index (χ3v) is 5.08. The van der Waals surface area contributed by atoms with E-state index in [4.69, 9.17) is 0 Å². The zero-order chi connectivity index (χ0) is 19.9. The Morgan fingerprint density at radius 2 is 1.86 bits per heavy atom. The summed E-state index contributed by atoms with van der Waals surface area (Å²) >= 11 is 0. The number of hydrogen-bond acceptors (Lipinski definition) is 5. The first-order valence-corrected chi connectivity index (χ1v) is 9.74. The molecule has 1 aromatic heterocycles. The summed E-state index contributed by atoms with van der Waals surface area (Å²) in [4.78, 5) is 23.5. The monoisotopic (exact) mass is 377 g/mol. The average Bonchev–Trinajstić information content (AvgIpc) is 2.73. The van der Waals surface area contributed by atoms with Crippen molar-refractivity contribution in [2.45, 2.75) is 26.4 Å². The number of aromatic nitrogens is 1. The molecule has 1 saturated heterocycles. The Morgan fingerprint density at radius 1 is 1.14 bits per heavy atom. The molecule has 0 saturated carbocycles. The van der Waals surface area contributed by atoms with Gasteiger partial charge in [-0.25, -0.2) is 4.98 Å². The van der Waals surface area contributed by atoms with Crippen molar-refractivity contribution >= 4 is 11.7 Å². The van der Waals surface area contributed by atoms with Gasteiger partial charge in [0.05, 0.1) is 12.1 Å². The molecule has 1 amide bonds. The summed E-state index contributed by atoms with van der Waals surface area (Å²) in [7, 11) is 0. The van der Waals surface area contributed by atoms with E-state index in [0.29, 0.717) is 18.7 Å². The van der Waals surface area contributed by atoms with Crippen LogP contribution in [0.5, 0.6) is 0 Å². The molecule has 146 valence electrons. The first-order chi connectivity index (χ1) is 13.6. The molecule has 0 bridgehead atoms. The first kappa shape index (κ1) is 19.8. The third-order valence-electron chi connectivity index (χ3n) is 5.08. The molecule has 0 aliphatic carbocycles. The second-order valence-corrected chi connectivity index (χ2v) is 7.35. The number of piperazine rings is 1. The lowest BCUT2D eigenvalue weighted by molar-refractivity contribution is -0.134. The summed E-state index contributed by atoms with van der Waals surface area (Å²) in [5, 5.41) is 9.28. The van der Waals surface area contributed by atoms with E-state index < -0.39 is 0 Å². The molecule has 1 aliphatic rings. The topological polar surface area (TPSA) is 63.5 Å². The second kappa shape index (κ2) is 9.34. The van der Waals surface area contributed by atoms with Gasteiger partial charge in [0.1, 0.15) is 11.9 Å². The minimum Gasteiger partial charge on any atom is -0.353 e. The summed E-state index contributed by atoms with van der Waals surface area (Å²) in [5.74, 6) is 0.895. The Balaban J connectivity index is 1.57. The minimum absolute atomic E-state index is 0.153. The van der Waals surface area contributed by atoms with Crippen molar-refractivity contribution in [3.63, 3.8) is 0 Å². The maximum absolute atomic E-state index is 12.9. The number of carbonyl (C=O) groups excluding carboxylic acids is 1. The lowest BCUT2D eigenvalue weighted by Crippen LogP contribution is -2.51. The van der Waals surface area contributed by atoms with Gasteiger partial charge in [0, 0.05) is 45.0 Å². The molecule has 6 heteroatoms. The standard InChI is InChI=1S/C22H27N5O/c1-18(2)27(16-19-7-4-3-5-8-19)21(28)17-25-11-13-26(14-12-25)22-20(15-23)9-6-10-24-22/h3-10,18H,11-14,16-17H2,1-2H3. The molecule has 2 aromatic rings. The van der Waals surface area contributed by atoms with E-state index in [-0.39, 0.29) is 11.9 Å². The zero-order valence-electron chi connectivity index (χ0n) is 16.6. The van der Waals surface area contributed by atoms with Crippen molar-refractivity contribution in [3.05, 3.63) is 59.8 Å². The predicted octanol–water partition coefficient (Wildman–Crippen LogP) is 2.51. The molecular weight excluding hydrogens is 350 g/mol. The van der Waals surface area contributed by atoms with E-state index in [1.807, 2.05) is 23.1 Å². The third kappa shape index (κ3) is 4.87. The molecule has 0 radical (unpaired) electrons. The van der Waals surface area contributed by atoms with E-state index in [1.54, 1.807) is 18.3 Å². The van der Waals surface area contributed by atoms with E-state index in [2.05, 4.69) is 46.8 Å². The highest BCUT2D eigenvalue weighted by Gasteiger charge is 2.24. The van der Waals surface area contributed by atoms with Crippen LogP contribution in [0, 0.1) is 11.3 Å². The summed E-state index contributed by atoms with van der Waals surface area (Å²) in [5.41, 5.74) is 1.74. The number of nitrogens with zero attached hydrogens (tertiary/aromatic N) is 5. The van der Waals surface area contributed by atoms with Gasteiger partial charge in [0.25, 0.3) is 0 Å². The Labute approximate surface area is 167 Å². The molecule has 1 aliphatic heterocycles. The number of benzene rings is 1. The maximum atomic E-state index is 12.9. The van der Waals surface area contributed by atoms with Crippen LogP contribution in [0.1, 0.15) is 25.0 Å². The van der Waals surface area contributed by atoms with Crippen molar-refractivity contribution in [1.29, 1.82) is 5.26 Å². The second-order valence-electron chi connectivity index (χ2n) is 7.35. The van der Waals surface area contributed by atoms with Crippen LogP contribution >= 0.6 is 0 Å². The Hall–Kier alpha value is -2.91. The van der Waals surface area contributed by atoms with Gasteiger partial charge in [-0.15, -0.1) is 0 Å². The largest absolute Gasteiger partial charge is 0.353 e.